The smallest absolute Gasteiger partial charge is 0.298 e. The second kappa shape index (κ2) is 7.19. The molecule has 7 heteroatoms. The average molecular weight is 384 g/mol. The maximum absolute atomic E-state index is 14.8. The Balaban J connectivity index is 1.97. The van der Waals surface area contributed by atoms with Crippen molar-refractivity contribution in [3.05, 3.63) is 0 Å². The molecule has 0 bridgehead atoms. The molecular weight excluding hydrogens is 351 g/mol. The fourth-order valence-electron chi connectivity index (χ4n) is 4.35. The highest BCUT2D eigenvalue weighted by atomic mass is 19.4. The molecule has 2 aliphatic heterocycles. The van der Waals surface area contributed by atoms with Gasteiger partial charge in [0.25, 0.3) is 5.92 Å². The van der Waals surface area contributed by atoms with Gasteiger partial charge < -0.3 is 0 Å². The molecule has 0 amide bonds. The summed E-state index contributed by atoms with van der Waals surface area (Å²) in [6.45, 7) is 10.7. The van der Waals surface area contributed by atoms with Crippen LogP contribution in [0, 0.1) is 11.8 Å². The summed E-state index contributed by atoms with van der Waals surface area (Å²) < 4.78 is 68.1. The normalized spacial score (nSPS) is 27.7. The first kappa shape index (κ1) is 21.9. The molecule has 1 unspecified atom stereocenters. The molecule has 0 aromatic rings. The summed E-state index contributed by atoms with van der Waals surface area (Å²) in [6.07, 6.45) is -3.29. The lowest BCUT2D eigenvalue weighted by Gasteiger charge is -2.49. The van der Waals surface area contributed by atoms with E-state index in [1.807, 2.05) is 44.4 Å². The molecule has 1 atom stereocenters. The number of likely N-dealkylation sites (tertiary alicyclic amines) is 2. The van der Waals surface area contributed by atoms with Gasteiger partial charge in [0.05, 0.1) is 12.5 Å². The van der Waals surface area contributed by atoms with Crippen molar-refractivity contribution in [1.29, 1.82) is 0 Å². The van der Waals surface area contributed by atoms with Crippen LogP contribution in [-0.4, -0.2) is 59.2 Å². The first-order chi connectivity index (χ1) is 11.6. The molecule has 0 saturated carbocycles. The van der Waals surface area contributed by atoms with Crippen molar-refractivity contribution in [2.75, 3.05) is 26.2 Å². The van der Waals surface area contributed by atoms with E-state index in [4.69, 9.17) is 0 Å². The second-order valence-corrected chi connectivity index (χ2v) is 9.66. The van der Waals surface area contributed by atoms with Crippen LogP contribution in [0.4, 0.5) is 22.0 Å². The summed E-state index contributed by atoms with van der Waals surface area (Å²) in [7, 11) is 0. The SMILES string of the molecule is CC(C)(C)N1CCC(CC(C)(C)N2CCC(C(F)(F)F)CC2)C(F)(F)C1. The van der Waals surface area contributed by atoms with Crippen molar-refractivity contribution in [3.63, 3.8) is 0 Å². The van der Waals surface area contributed by atoms with Gasteiger partial charge in [0.2, 0.25) is 0 Å². The van der Waals surface area contributed by atoms with E-state index in [2.05, 4.69) is 0 Å². The molecule has 0 spiro atoms. The van der Waals surface area contributed by atoms with E-state index in [0.717, 1.165) is 0 Å². The maximum atomic E-state index is 14.8. The Hall–Kier alpha value is -0.430. The second-order valence-electron chi connectivity index (χ2n) is 9.66. The third kappa shape index (κ3) is 5.09. The van der Waals surface area contributed by atoms with Crippen LogP contribution in [-0.2, 0) is 0 Å². The molecule has 2 nitrogen and oxygen atoms in total. The molecule has 2 aliphatic rings. The lowest BCUT2D eigenvalue weighted by atomic mass is 9.79. The highest BCUT2D eigenvalue weighted by Crippen LogP contribution is 2.42. The van der Waals surface area contributed by atoms with E-state index < -0.39 is 29.5 Å². The third-order valence-corrected chi connectivity index (χ3v) is 6.25. The minimum Gasteiger partial charge on any atom is -0.298 e. The number of alkyl halides is 5. The summed E-state index contributed by atoms with van der Waals surface area (Å²) in [5.41, 5.74) is -0.808. The molecular formula is C19H33F5N2. The zero-order valence-corrected chi connectivity index (χ0v) is 16.6. The van der Waals surface area contributed by atoms with Crippen LogP contribution in [0.25, 0.3) is 0 Å². The minimum atomic E-state index is -4.15. The molecule has 0 aromatic carbocycles. The standard InChI is InChI=1S/C19H33F5N2/c1-16(2,3)26-11-8-15(18(20,21)13-26)12-17(4,5)25-9-6-14(7-10-25)19(22,23)24/h14-15H,6-13H2,1-5H3. The zero-order valence-electron chi connectivity index (χ0n) is 16.6. The molecule has 154 valence electrons. The van der Waals surface area contributed by atoms with Gasteiger partial charge in [-0.1, -0.05) is 0 Å². The first-order valence-electron chi connectivity index (χ1n) is 9.57. The van der Waals surface area contributed by atoms with Crippen molar-refractivity contribution in [2.45, 2.75) is 83.5 Å². The number of piperidine rings is 2. The number of halogens is 5. The van der Waals surface area contributed by atoms with E-state index >= 15 is 0 Å². The van der Waals surface area contributed by atoms with Gasteiger partial charge >= 0.3 is 6.18 Å². The van der Waals surface area contributed by atoms with Gasteiger partial charge in [-0.2, -0.15) is 13.2 Å². The van der Waals surface area contributed by atoms with E-state index in [-0.39, 0.29) is 24.9 Å². The van der Waals surface area contributed by atoms with Gasteiger partial charge in [-0.15, -0.1) is 0 Å². The molecule has 2 heterocycles. The molecule has 0 radical (unpaired) electrons. The summed E-state index contributed by atoms with van der Waals surface area (Å²) in [4.78, 5) is 3.80. The van der Waals surface area contributed by atoms with Crippen LogP contribution in [0.2, 0.25) is 0 Å². The molecule has 2 saturated heterocycles. The topological polar surface area (TPSA) is 6.48 Å². The van der Waals surface area contributed by atoms with Crippen LogP contribution in [0.5, 0.6) is 0 Å². The van der Waals surface area contributed by atoms with Gasteiger partial charge in [0.1, 0.15) is 0 Å². The van der Waals surface area contributed by atoms with Crippen molar-refractivity contribution in [1.82, 2.24) is 9.80 Å². The third-order valence-electron chi connectivity index (χ3n) is 6.25. The fraction of sp³-hybridized carbons (Fsp3) is 1.00. The van der Waals surface area contributed by atoms with Gasteiger partial charge in [-0.25, -0.2) is 8.78 Å². The van der Waals surface area contributed by atoms with Gasteiger partial charge in [-0.3, -0.25) is 9.80 Å². The van der Waals surface area contributed by atoms with Gasteiger partial charge in [-0.05, 0) is 79.9 Å². The van der Waals surface area contributed by atoms with Crippen LogP contribution < -0.4 is 0 Å². The number of nitrogens with zero attached hydrogens (tertiary/aromatic N) is 2. The Kier molecular flexibility index (Phi) is 6.05. The Bertz CT molecular complexity index is 473. The molecule has 2 fully saturated rings. The van der Waals surface area contributed by atoms with Crippen molar-refractivity contribution >= 4 is 0 Å². The number of hydrogen-bond donors (Lipinski definition) is 0. The largest absolute Gasteiger partial charge is 0.391 e. The average Bonchev–Trinajstić information content (AvgIpc) is 2.47. The van der Waals surface area contributed by atoms with Crippen LogP contribution >= 0.6 is 0 Å². The fourth-order valence-corrected chi connectivity index (χ4v) is 4.35. The van der Waals surface area contributed by atoms with Crippen LogP contribution in [0.3, 0.4) is 0 Å². The maximum Gasteiger partial charge on any atom is 0.391 e. The zero-order chi connectivity index (χ0) is 20.0. The Morgan fingerprint density at radius 3 is 1.77 bits per heavy atom. The Morgan fingerprint density at radius 2 is 1.35 bits per heavy atom. The van der Waals surface area contributed by atoms with E-state index in [9.17, 15) is 22.0 Å². The first-order valence-corrected chi connectivity index (χ1v) is 9.57. The molecule has 0 aromatic heterocycles. The van der Waals surface area contributed by atoms with Gasteiger partial charge in [0.15, 0.2) is 0 Å². The summed E-state index contributed by atoms with van der Waals surface area (Å²) in [6, 6.07) is 0. The molecule has 0 aliphatic carbocycles. The Morgan fingerprint density at radius 1 is 0.846 bits per heavy atom. The lowest BCUT2D eigenvalue weighted by Crippen LogP contribution is -2.58. The van der Waals surface area contributed by atoms with E-state index in [1.165, 1.54) is 0 Å². The highest BCUT2D eigenvalue weighted by Gasteiger charge is 2.50. The van der Waals surface area contributed by atoms with Crippen LogP contribution in [0.15, 0.2) is 0 Å². The predicted octanol–water partition coefficient (Wildman–Crippen LogP) is 5.19. The van der Waals surface area contributed by atoms with Crippen molar-refractivity contribution in [2.24, 2.45) is 11.8 Å². The van der Waals surface area contributed by atoms with Gasteiger partial charge in [0, 0.05) is 17.0 Å². The van der Waals surface area contributed by atoms with E-state index in [1.54, 1.807) is 0 Å². The van der Waals surface area contributed by atoms with Crippen LogP contribution in [0.1, 0.15) is 60.3 Å². The number of rotatable bonds is 3. The molecule has 0 N–H and O–H groups in total. The van der Waals surface area contributed by atoms with Crippen molar-refractivity contribution in [3.8, 4) is 0 Å². The predicted molar refractivity (Wildman–Crippen MR) is 93.4 cm³/mol. The molecule has 2 rings (SSSR count). The van der Waals surface area contributed by atoms with Crippen molar-refractivity contribution < 1.29 is 22.0 Å². The highest BCUT2D eigenvalue weighted by molar-refractivity contribution is 4.96. The summed E-state index contributed by atoms with van der Waals surface area (Å²) >= 11 is 0. The Labute approximate surface area is 154 Å². The summed E-state index contributed by atoms with van der Waals surface area (Å²) in [5, 5.41) is 0. The lowest BCUT2D eigenvalue weighted by molar-refractivity contribution is -0.189. The van der Waals surface area contributed by atoms with E-state index in [0.29, 0.717) is 32.5 Å². The molecule has 26 heavy (non-hydrogen) atoms. The quantitative estimate of drug-likeness (QED) is 0.618. The summed E-state index contributed by atoms with van der Waals surface area (Å²) in [5.74, 6) is -4.75. The monoisotopic (exact) mass is 384 g/mol. The number of hydrogen-bond acceptors (Lipinski definition) is 2. The minimum absolute atomic E-state index is 0.0613.